The van der Waals surface area contributed by atoms with Gasteiger partial charge in [0.05, 0.1) is 24.7 Å². The Hall–Kier alpha value is -2.87. The fraction of sp³-hybridized carbons (Fsp3) is 0.421. The van der Waals surface area contributed by atoms with Crippen LogP contribution in [0, 0.1) is 0 Å². The number of phenols is 1. The van der Waals surface area contributed by atoms with Gasteiger partial charge in [-0.1, -0.05) is 12.1 Å². The number of phenolic OH excluding ortho intramolecular Hbond substituents is 1. The van der Waals surface area contributed by atoms with E-state index in [1.807, 2.05) is 12.1 Å². The Bertz CT molecular complexity index is 763. The lowest BCUT2D eigenvalue weighted by molar-refractivity contribution is 0.0956. The molecular weight excluding hydrogens is 348 g/mol. The molecular formula is C19H24N4O4. The molecule has 1 aliphatic heterocycles. The SMILES string of the molecule is COCCOC(=O)NC1CCN(c2cncc(-c3ccccc3O)n2)CC1. The summed E-state index contributed by atoms with van der Waals surface area (Å²) in [6.07, 6.45) is 4.54. The number of aromatic nitrogens is 2. The van der Waals surface area contributed by atoms with E-state index in [9.17, 15) is 9.90 Å². The highest BCUT2D eigenvalue weighted by Gasteiger charge is 2.22. The number of carbonyl (C=O) groups is 1. The molecule has 8 nitrogen and oxygen atoms in total. The fourth-order valence-electron chi connectivity index (χ4n) is 3.01. The molecule has 0 bridgehead atoms. The molecule has 2 aromatic rings. The number of rotatable bonds is 6. The molecule has 1 aromatic heterocycles. The summed E-state index contributed by atoms with van der Waals surface area (Å²) in [7, 11) is 1.56. The largest absolute Gasteiger partial charge is 0.507 e. The number of ether oxygens (including phenoxy) is 2. The number of carbonyl (C=O) groups excluding carboxylic acids is 1. The highest BCUT2D eigenvalue weighted by atomic mass is 16.6. The van der Waals surface area contributed by atoms with Crippen LogP contribution in [0.3, 0.4) is 0 Å². The first-order valence-corrected chi connectivity index (χ1v) is 8.95. The average molecular weight is 372 g/mol. The third kappa shape index (κ3) is 5.07. The summed E-state index contributed by atoms with van der Waals surface area (Å²) in [5, 5.41) is 12.9. The van der Waals surface area contributed by atoms with E-state index >= 15 is 0 Å². The second-order valence-corrected chi connectivity index (χ2v) is 6.31. The number of piperidine rings is 1. The van der Waals surface area contributed by atoms with E-state index in [4.69, 9.17) is 9.47 Å². The van der Waals surface area contributed by atoms with E-state index in [0.717, 1.165) is 31.7 Å². The van der Waals surface area contributed by atoms with Crippen molar-refractivity contribution in [1.29, 1.82) is 0 Å². The third-order valence-electron chi connectivity index (χ3n) is 4.46. The van der Waals surface area contributed by atoms with Crippen molar-refractivity contribution >= 4 is 11.9 Å². The highest BCUT2D eigenvalue weighted by molar-refractivity contribution is 5.68. The van der Waals surface area contributed by atoms with E-state index in [-0.39, 0.29) is 18.4 Å². The van der Waals surface area contributed by atoms with Crippen LogP contribution in [0.15, 0.2) is 36.7 Å². The summed E-state index contributed by atoms with van der Waals surface area (Å²) in [5.74, 6) is 0.940. The molecule has 1 fully saturated rings. The summed E-state index contributed by atoms with van der Waals surface area (Å²) < 4.78 is 9.89. The lowest BCUT2D eigenvalue weighted by Gasteiger charge is -2.32. The van der Waals surface area contributed by atoms with Crippen LogP contribution in [0.25, 0.3) is 11.3 Å². The number of nitrogens with zero attached hydrogens (tertiary/aromatic N) is 3. The van der Waals surface area contributed by atoms with Crippen LogP contribution in [-0.2, 0) is 9.47 Å². The molecule has 0 unspecified atom stereocenters. The highest BCUT2D eigenvalue weighted by Crippen LogP contribution is 2.28. The van der Waals surface area contributed by atoms with E-state index in [1.54, 1.807) is 31.6 Å². The molecule has 1 amide bonds. The second kappa shape index (κ2) is 9.18. The monoisotopic (exact) mass is 372 g/mol. The molecule has 1 aromatic carbocycles. The molecule has 8 heteroatoms. The van der Waals surface area contributed by atoms with Gasteiger partial charge >= 0.3 is 6.09 Å². The number of benzene rings is 1. The topological polar surface area (TPSA) is 96.8 Å². The Morgan fingerprint density at radius 2 is 2.04 bits per heavy atom. The van der Waals surface area contributed by atoms with Crippen LogP contribution >= 0.6 is 0 Å². The van der Waals surface area contributed by atoms with Gasteiger partial charge in [-0.05, 0) is 25.0 Å². The van der Waals surface area contributed by atoms with Gasteiger partial charge in [-0.25, -0.2) is 9.78 Å². The van der Waals surface area contributed by atoms with Crippen LogP contribution in [0.5, 0.6) is 5.75 Å². The summed E-state index contributed by atoms with van der Waals surface area (Å²) >= 11 is 0. The van der Waals surface area contributed by atoms with Crippen molar-refractivity contribution in [3.8, 4) is 17.0 Å². The van der Waals surface area contributed by atoms with Crippen molar-refractivity contribution in [3.63, 3.8) is 0 Å². The van der Waals surface area contributed by atoms with Crippen LogP contribution < -0.4 is 10.2 Å². The molecule has 1 saturated heterocycles. The Labute approximate surface area is 158 Å². The number of aromatic hydroxyl groups is 1. The Kier molecular flexibility index (Phi) is 6.43. The minimum absolute atomic E-state index is 0.0746. The van der Waals surface area contributed by atoms with Crippen molar-refractivity contribution < 1.29 is 19.4 Å². The number of hydrogen-bond acceptors (Lipinski definition) is 7. The van der Waals surface area contributed by atoms with Gasteiger partial charge < -0.3 is 24.8 Å². The zero-order valence-corrected chi connectivity index (χ0v) is 15.3. The number of amides is 1. The normalized spacial score (nSPS) is 14.8. The lowest BCUT2D eigenvalue weighted by atomic mass is 10.1. The number of nitrogens with one attached hydrogen (secondary N) is 1. The number of anilines is 1. The Balaban J connectivity index is 1.56. The quantitative estimate of drug-likeness (QED) is 0.750. The predicted molar refractivity (Wildman–Crippen MR) is 101 cm³/mol. The summed E-state index contributed by atoms with van der Waals surface area (Å²) in [5.41, 5.74) is 1.29. The van der Waals surface area contributed by atoms with Crippen LogP contribution in [0.2, 0.25) is 0 Å². The first-order chi connectivity index (χ1) is 13.2. The van der Waals surface area contributed by atoms with Gasteiger partial charge in [-0.15, -0.1) is 0 Å². The molecule has 27 heavy (non-hydrogen) atoms. The van der Waals surface area contributed by atoms with E-state index < -0.39 is 6.09 Å². The second-order valence-electron chi connectivity index (χ2n) is 6.31. The molecule has 0 saturated carbocycles. The fourth-order valence-corrected chi connectivity index (χ4v) is 3.01. The predicted octanol–water partition coefficient (Wildman–Crippen LogP) is 2.19. The van der Waals surface area contributed by atoms with E-state index in [2.05, 4.69) is 20.2 Å². The molecule has 3 rings (SSSR count). The maximum absolute atomic E-state index is 11.7. The average Bonchev–Trinajstić information content (AvgIpc) is 2.69. The summed E-state index contributed by atoms with van der Waals surface area (Å²) in [4.78, 5) is 22.8. The summed E-state index contributed by atoms with van der Waals surface area (Å²) in [6, 6.07) is 7.15. The van der Waals surface area contributed by atoms with E-state index in [1.165, 1.54) is 0 Å². The third-order valence-corrected chi connectivity index (χ3v) is 4.46. The van der Waals surface area contributed by atoms with Gasteiger partial charge in [0.15, 0.2) is 0 Å². The molecule has 0 atom stereocenters. The van der Waals surface area contributed by atoms with Gasteiger partial charge in [0.2, 0.25) is 0 Å². The lowest BCUT2D eigenvalue weighted by Crippen LogP contribution is -2.45. The zero-order valence-electron chi connectivity index (χ0n) is 15.3. The molecule has 2 heterocycles. The van der Waals surface area contributed by atoms with Crippen LogP contribution in [0.1, 0.15) is 12.8 Å². The molecule has 0 radical (unpaired) electrons. The summed E-state index contributed by atoms with van der Waals surface area (Å²) in [6.45, 7) is 2.14. The standard InChI is InChI=1S/C19H24N4O4/c1-26-10-11-27-19(25)21-14-6-8-23(9-7-14)18-13-20-12-16(22-18)15-4-2-3-5-17(15)24/h2-5,12-14,24H,6-11H2,1H3,(H,21,25). The molecule has 0 spiro atoms. The van der Waals surface area contributed by atoms with Gasteiger partial charge in [0.1, 0.15) is 18.2 Å². The minimum Gasteiger partial charge on any atom is -0.507 e. The van der Waals surface area contributed by atoms with Crippen molar-refractivity contribution in [3.05, 3.63) is 36.7 Å². The van der Waals surface area contributed by atoms with Gasteiger partial charge in [-0.3, -0.25) is 4.98 Å². The van der Waals surface area contributed by atoms with Gasteiger partial charge in [0, 0.05) is 31.8 Å². The smallest absolute Gasteiger partial charge is 0.407 e. The molecule has 1 aliphatic rings. The van der Waals surface area contributed by atoms with Crippen LogP contribution in [-0.4, -0.2) is 60.6 Å². The number of para-hydroxylation sites is 1. The minimum atomic E-state index is -0.410. The van der Waals surface area contributed by atoms with Crippen LogP contribution in [0.4, 0.5) is 10.6 Å². The van der Waals surface area contributed by atoms with Crippen molar-refractivity contribution in [1.82, 2.24) is 15.3 Å². The van der Waals surface area contributed by atoms with Crippen molar-refractivity contribution in [2.75, 3.05) is 38.3 Å². The first-order valence-electron chi connectivity index (χ1n) is 8.95. The number of alkyl carbamates (subject to hydrolysis) is 1. The van der Waals surface area contributed by atoms with E-state index in [0.29, 0.717) is 17.9 Å². The molecule has 2 N–H and O–H groups in total. The number of methoxy groups -OCH3 is 1. The van der Waals surface area contributed by atoms with Gasteiger partial charge in [-0.2, -0.15) is 0 Å². The maximum atomic E-state index is 11.7. The Morgan fingerprint density at radius 1 is 1.26 bits per heavy atom. The van der Waals surface area contributed by atoms with Crippen molar-refractivity contribution in [2.24, 2.45) is 0 Å². The number of hydrogen-bond donors (Lipinski definition) is 2. The first kappa shape index (κ1) is 18.9. The maximum Gasteiger partial charge on any atom is 0.407 e. The molecule has 144 valence electrons. The van der Waals surface area contributed by atoms with Gasteiger partial charge in [0.25, 0.3) is 0 Å². The molecule has 0 aliphatic carbocycles. The van der Waals surface area contributed by atoms with Crippen molar-refractivity contribution in [2.45, 2.75) is 18.9 Å². The Morgan fingerprint density at radius 3 is 2.78 bits per heavy atom. The zero-order chi connectivity index (χ0) is 19.1.